The molecule has 0 saturated carbocycles. The van der Waals surface area contributed by atoms with E-state index in [0.29, 0.717) is 25.4 Å². The van der Waals surface area contributed by atoms with Crippen molar-refractivity contribution in [3.05, 3.63) is 60.2 Å². The zero-order chi connectivity index (χ0) is 18.5. The van der Waals surface area contributed by atoms with Crippen molar-refractivity contribution < 1.29 is 14.3 Å². The number of hydrogen-bond acceptors (Lipinski definition) is 3. The van der Waals surface area contributed by atoms with E-state index in [-0.39, 0.29) is 24.2 Å². The number of rotatable bonds is 6. The van der Waals surface area contributed by atoms with E-state index in [0.717, 1.165) is 11.3 Å². The molecule has 1 aliphatic heterocycles. The lowest BCUT2D eigenvalue weighted by Gasteiger charge is -2.24. The van der Waals surface area contributed by atoms with Gasteiger partial charge in [-0.25, -0.2) is 0 Å². The number of benzene rings is 2. The summed E-state index contributed by atoms with van der Waals surface area (Å²) in [7, 11) is 1.60. The van der Waals surface area contributed by atoms with Crippen LogP contribution < -0.4 is 9.64 Å². The van der Waals surface area contributed by atoms with Crippen LogP contribution in [-0.2, 0) is 16.1 Å². The topological polar surface area (TPSA) is 49.9 Å². The molecule has 136 valence electrons. The summed E-state index contributed by atoms with van der Waals surface area (Å²) in [6.45, 7) is 3.57. The molecule has 0 N–H and O–H groups in total. The molecule has 0 radical (unpaired) electrons. The number of hydrogen-bond donors (Lipinski definition) is 0. The maximum absolute atomic E-state index is 12.9. The van der Waals surface area contributed by atoms with Gasteiger partial charge in [0.05, 0.1) is 13.0 Å². The highest BCUT2D eigenvalue weighted by Gasteiger charge is 2.37. The second-order valence-electron chi connectivity index (χ2n) is 6.44. The summed E-state index contributed by atoms with van der Waals surface area (Å²) < 4.78 is 5.23. The summed E-state index contributed by atoms with van der Waals surface area (Å²) in [6, 6.07) is 17.3. The minimum absolute atomic E-state index is 0.0210. The SMILES string of the molecule is CCN(Cc1ccccc1)C(=O)C1CC(=O)N(c2cccc(OC)c2)C1. The zero-order valence-electron chi connectivity index (χ0n) is 15.2. The van der Waals surface area contributed by atoms with Crippen molar-refractivity contribution >= 4 is 17.5 Å². The van der Waals surface area contributed by atoms with E-state index in [1.807, 2.05) is 66.4 Å². The number of amides is 2. The Morgan fingerprint density at radius 3 is 2.65 bits per heavy atom. The molecule has 0 aliphatic carbocycles. The first-order valence-corrected chi connectivity index (χ1v) is 8.89. The van der Waals surface area contributed by atoms with E-state index < -0.39 is 0 Å². The normalized spacial score (nSPS) is 16.6. The third-order valence-corrected chi connectivity index (χ3v) is 4.75. The molecule has 2 aromatic carbocycles. The van der Waals surface area contributed by atoms with Crippen LogP contribution in [0.4, 0.5) is 5.69 Å². The number of nitrogens with zero attached hydrogens (tertiary/aromatic N) is 2. The molecule has 0 bridgehead atoms. The third-order valence-electron chi connectivity index (χ3n) is 4.75. The van der Waals surface area contributed by atoms with Gasteiger partial charge in [0, 0.05) is 37.8 Å². The molecule has 5 heteroatoms. The van der Waals surface area contributed by atoms with Gasteiger partial charge >= 0.3 is 0 Å². The van der Waals surface area contributed by atoms with Crippen molar-refractivity contribution in [1.29, 1.82) is 0 Å². The summed E-state index contributed by atoms with van der Waals surface area (Å²) in [5.74, 6) is 0.407. The molecule has 1 aliphatic rings. The summed E-state index contributed by atoms with van der Waals surface area (Å²) in [5.41, 5.74) is 1.87. The fourth-order valence-electron chi connectivity index (χ4n) is 3.31. The Morgan fingerprint density at radius 2 is 1.96 bits per heavy atom. The monoisotopic (exact) mass is 352 g/mol. The maximum atomic E-state index is 12.9. The smallest absolute Gasteiger partial charge is 0.228 e. The van der Waals surface area contributed by atoms with Crippen LogP contribution >= 0.6 is 0 Å². The van der Waals surface area contributed by atoms with Crippen LogP contribution in [0.3, 0.4) is 0 Å². The van der Waals surface area contributed by atoms with Crippen LogP contribution in [0.15, 0.2) is 54.6 Å². The van der Waals surface area contributed by atoms with Gasteiger partial charge in [-0.15, -0.1) is 0 Å². The second-order valence-corrected chi connectivity index (χ2v) is 6.44. The van der Waals surface area contributed by atoms with E-state index >= 15 is 0 Å². The number of methoxy groups -OCH3 is 1. The Labute approximate surface area is 154 Å². The van der Waals surface area contributed by atoms with E-state index in [4.69, 9.17) is 4.74 Å². The number of carbonyl (C=O) groups excluding carboxylic acids is 2. The zero-order valence-corrected chi connectivity index (χ0v) is 15.2. The quantitative estimate of drug-likeness (QED) is 0.803. The van der Waals surface area contributed by atoms with Gasteiger partial charge in [-0.3, -0.25) is 9.59 Å². The molecule has 1 fully saturated rings. The van der Waals surface area contributed by atoms with E-state index in [1.165, 1.54) is 0 Å². The van der Waals surface area contributed by atoms with Gasteiger partial charge in [0.1, 0.15) is 5.75 Å². The van der Waals surface area contributed by atoms with Crippen molar-refractivity contribution in [2.45, 2.75) is 19.9 Å². The molecule has 1 atom stereocenters. The molecule has 2 amide bonds. The molecule has 1 saturated heterocycles. The predicted molar refractivity (Wildman–Crippen MR) is 101 cm³/mol. The van der Waals surface area contributed by atoms with Crippen molar-refractivity contribution in [3.63, 3.8) is 0 Å². The fraction of sp³-hybridized carbons (Fsp3) is 0.333. The van der Waals surface area contributed by atoms with Crippen molar-refractivity contribution in [1.82, 2.24) is 4.90 Å². The van der Waals surface area contributed by atoms with Gasteiger partial charge < -0.3 is 14.5 Å². The Bertz CT molecular complexity index is 776. The molecule has 1 heterocycles. The van der Waals surface area contributed by atoms with Crippen LogP contribution in [0, 0.1) is 5.92 Å². The lowest BCUT2D eigenvalue weighted by Crippen LogP contribution is -2.37. The van der Waals surface area contributed by atoms with Crippen LogP contribution in [0.1, 0.15) is 18.9 Å². The maximum Gasteiger partial charge on any atom is 0.228 e. The van der Waals surface area contributed by atoms with Crippen LogP contribution in [-0.4, -0.2) is 36.9 Å². The Hall–Kier alpha value is -2.82. The number of anilines is 1. The molecule has 2 aromatic rings. The third kappa shape index (κ3) is 3.87. The second kappa shape index (κ2) is 8.04. The predicted octanol–water partition coefficient (Wildman–Crippen LogP) is 3.10. The number of ether oxygens (including phenoxy) is 1. The van der Waals surface area contributed by atoms with Crippen molar-refractivity contribution in [2.75, 3.05) is 25.1 Å². The molecule has 1 unspecified atom stereocenters. The van der Waals surface area contributed by atoms with Gasteiger partial charge in [0.2, 0.25) is 11.8 Å². The van der Waals surface area contributed by atoms with Gasteiger partial charge in [-0.05, 0) is 24.6 Å². The molecule has 3 rings (SSSR count). The Morgan fingerprint density at radius 1 is 1.19 bits per heavy atom. The summed E-state index contributed by atoms with van der Waals surface area (Å²) >= 11 is 0. The lowest BCUT2D eigenvalue weighted by atomic mass is 10.1. The van der Waals surface area contributed by atoms with Gasteiger partial charge in [0.15, 0.2) is 0 Å². The molecule has 0 spiro atoms. The molecule has 26 heavy (non-hydrogen) atoms. The van der Waals surface area contributed by atoms with Crippen molar-refractivity contribution in [3.8, 4) is 5.75 Å². The molecule has 5 nitrogen and oxygen atoms in total. The van der Waals surface area contributed by atoms with Gasteiger partial charge in [-0.1, -0.05) is 36.4 Å². The average Bonchev–Trinajstić information content (AvgIpc) is 3.08. The van der Waals surface area contributed by atoms with E-state index in [1.54, 1.807) is 12.0 Å². The highest BCUT2D eigenvalue weighted by Crippen LogP contribution is 2.29. The van der Waals surface area contributed by atoms with Gasteiger partial charge in [-0.2, -0.15) is 0 Å². The minimum Gasteiger partial charge on any atom is -0.497 e. The summed E-state index contributed by atoms with van der Waals surface area (Å²) in [5, 5.41) is 0. The standard InChI is InChI=1S/C21H24N2O3/c1-3-22(14-16-8-5-4-6-9-16)21(25)17-12-20(24)23(15-17)18-10-7-11-19(13-18)26-2/h4-11,13,17H,3,12,14-15H2,1-2H3. The minimum atomic E-state index is -0.308. The van der Waals surface area contributed by atoms with E-state index in [2.05, 4.69) is 0 Å². The van der Waals surface area contributed by atoms with Crippen LogP contribution in [0.5, 0.6) is 5.75 Å². The lowest BCUT2D eigenvalue weighted by molar-refractivity contribution is -0.136. The highest BCUT2D eigenvalue weighted by molar-refractivity contribution is 6.00. The summed E-state index contributed by atoms with van der Waals surface area (Å²) in [4.78, 5) is 28.9. The highest BCUT2D eigenvalue weighted by atomic mass is 16.5. The van der Waals surface area contributed by atoms with Crippen molar-refractivity contribution in [2.24, 2.45) is 5.92 Å². The van der Waals surface area contributed by atoms with Crippen LogP contribution in [0.2, 0.25) is 0 Å². The molecule has 0 aromatic heterocycles. The van der Waals surface area contributed by atoms with Gasteiger partial charge in [0.25, 0.3) is 0 Å². The van der Waals surface area contributed by atoms with Crippen LogP contribution in [0.25, 0.3) is 0 Å². The largest absolute Gasteiger partial charge is 0.497 e. The summed E-state index contributed by atoms with van der Waals surface area (Å²) in [6.07, 6.45) is 0.251. The average molecular weight is 352 g/mol. The first-order valence-electron chi connectivity index (χ1n) is 8.89. The first kappa shape index (κ1) is 18.0. The first-order chi connectivity index (χ1) is 12.6. The van der Waals surface area contributed by atoms with E-state index in [9.17, 15) is 9.59 Å². The molecular formula is C21H24N2O3. The Kier molecular flexibility index (Phi) is 5.56. The fourth-order valence-corrected chi connectivity index (χ4v) is 3.31. The molecular weight excluding hydrogens is 328 g/mol. The Balaban J connectivity index is 1.71. The number of carbonyl (C=O) groups is 2.